The first-order chi connectivity index (χ1) is 8.84. The van der Waals surface area contributed by atoms with E-state index in [1.54, 1.807) is 12.1 Å². The second-order valence-electron chi connectivity index (χ2n) is 5.60. The summed E-state index contributed by atoms with van der Waals surface area (Å²) < 4.78 is 18.5. The fourth-order valence-electron chi connectivity index (χ4n) is 2.29. The van der Waals surface area contributed by atoms with Crippen LogP contribution in [0.2, 0.25) is 0 Å². The van der Waals surface area contributed by atoms with Crippen LogP contribution in [0.1, 0.15) is 34.1 Å². The molecule has 2 unspecified atom stereocenters. The summed E-state index contributed by atoms with van der Waals surface area (Å²) >= 11 is 0. The van der Waals surface area contributed by atoms with E-state index < -0.39 is 0 Å². The van der Waals surface area contributed by atoms with Gasteiger partial charge in [0.15, 0.2) is 0 Å². The van der Waals surface area contributed by atoms with Gasteiger partial charge in [-0.15, -0.1) is 0 Å². The minimum Gasteiger partial charge on any atom is -0.491 e. The highest BCUT2D eigenvalue weighted by atomic mass is 19.1. The molecule has 0 fully saturated rings. The maximum Gasteiger partial charge on any atom is 0.123 e. The summed E-state index contributed by atoms with van der Waals surface area (Å²) in [5.74, 6) is 0.361. The fourth-order valence-corrected chi connectivity index (χ4v) is 2.29. The van der Waals surface area contributed by atoms with Crippen LogP contribution in [-0.2, 0) is 0 Å². The summed E-state index contributed by atoms with van der Waals surface area (Å²) in [5, 5.41) is 12.9. The van der Waals surface area contributed by atoms with E-state index in [4.69, 9.17) is 4.74 Å². The minimum atomic E-state index is -0.381. The quantitative estimate of drug-likeness (QED) is 0.799. The zero-order valence-corrected chi connectivity index (χ0v) is 12.1. The van der Waals surface area contributed by atoms with Gasteiger partial charge in [-0.25, -0.2) is 4.39 Å². The number of hydrogen-bond acceptors (Lipinski definition) is 3. The van der Waals surface area contributed by atoms with Crippen LogP contribution >= 0.6 is 0 Å². The second-order valence-corrected chi connectivity index (χ2v) is 5.60. The van der Waals surface area contributed by atoms with Crippen molar-refractivity contribution in [3.8, 4) is 5.75 Å². The third-order valence-corrected chi connectivity index (χ3v) is 2.87. The smallest absolute Gasteiger partial charge is 0.123 e. The third-order valence-electron chi connectivity index (χ3n) is 2.87. The van der Waals surface area contributed by atoms with Crippen LogP contribution in [-0.4, -0.2) is 29.4 Å². The highest BCUT2D eigenvalue weighted by Crippen LogP contribution is 2.19. The molecule has 0 aliphatic rings. The monoisotopic (exact) mass is 269 g/mol. The van der Waals surface area contributed by atoms with Crippen LogP contribution in [0.25, 0.3) is 0 Å². The van der Waals surface area contributed by atoms with E-state index in [1.807, 2.05) is 27.7 Å². The van der Waals surface area contributed by atoms with Crippen molar-refractivity contribution in [2.75, 3.05) is 6.61 Å². The van der Waals surface area contributed by atoms with E-state index in [9.17, 15) is 9.50 Å². The van der Waals surface area contributed by atoms with Gasteiger partial charge < -0.3 is 15.2 Å². The number of nitrogens with one attached hydrogen (secondary N) is 1. The molecule has 0 saturated carbocycles. The van der Waals surface area contributed by atoms with Crippen molar-refractivity contribution in [3.05, 3.63) is 30.1 Å². The number of benzene rings is 1. The van der Waals surface area contributed by atoms with Crippen molar-refractivity contribution in [1.82, 2.24) is 5.32 Å². The summed E-state index contributed by atoms with van der Waals surface area (Å²) in [5.41, 5.74) is -0.381. The predicted molar refractivity (Wildman–Crippen MR) is 74.9 cm³/mol. The van der Waals surface area contributed by atoms with Crippen molar-refractivity contribution in [1.29, 1.82) is 0 Å². The van der Waals surface area contributed by atoms with Crippen molar-refractivity contribution >= 4 is 0 Å². The maximum absolute atomic E-state index is 12.8. The molecule has 0 aliphatic carbocycles. The van der Waals surface area contributed by atoms with Gasteiger partial charge in [-0.3, -0.25) is 0 Å². The molecule has 3 nitrogen and oxygen atoms in total. The molecule has 0 heterocycles. The maximum atomic E-state index is 12.8. The van der Waals surface area contributed by atoms with Gasteiger partial charge in [-0.1, -0.05) is 13.8 Å². The Morgan fingerprint density at radius 3 is 2.32 bits per heavy atom. The lowest BCUT2D eigenvalue weighted by Crippen LogP contribution is -2.51. The zero-order valence-electron chi connectivity index (χ0n) is 12.1. The van der Waals surface area contributed by atoms with Gasteiger partial charge in [0.2, 0.25) is 0 Å². The number of halogens is 1. The zero-order chi connectivity index (χ0) is 14.5. The highest BCUT2D eigenvalue weighted by Gasteiger charge is 2.27. The molecule has 0 spiro atoms. The van der Waals surface area contributed by atoms with Crippen LogP contribution < -0.4 is 10.1 Å². The number of hydrogen-bond donors (Lipinski definition) is 2. The van der Waals surface area contributed by atoms with E-state index in [1.165, 1.54) is 12.1 Å². The summed E-state index contributed by atoms with van der Waals surface area (Å²) in [6, 6.07) is 6.25. The van der Waals surface area contributed by atoms with Crippen LogP contribution in [0.5, 0.6) is 5.75 Å². The molecular weight excluding hydrogens is 245 g/mol. The summed E-state index contributed by atoms with van der Waals surface area (Å²) in [6.07, 6.45) is 0.591. The fraction of sp³-hybridized carbons (Fsp3) is 0.600. The minimum absolute atomic E-state index is 0.0439. The summed E-state index contributed by atoms with van der Waals surface area (Å²) in [6.45, 7) is 8.04. The molecule has 4 heteroatoms. The number of rotatable bonds is 7. The van der Waals surface area contributed by atoms with Gasteiger partial charge in [0, 0.05) is 18.0 Å². The highest BCUT2D eigenvalue weighted by molar-refractivity contribution is 5.22. The van der Waals surface area contributed by atoms with E-state index in [2.05, 4.69) is 5.32 Å². The molecular formula is C15H24FNO2. The lowest BCUT2D eigenvalue weighted by atomic mass is 9.94. The van der Waals surface area contributed by atoms with Gasteiger partial charge >= 0.3 is 0 Å². The van der Waals surface area contributed by atoms with Gasteiger partial charge in [0.1, 0.15) is 11.6 Å². The molecule has 0 aliphatic heterocycles. The normalized spacial score (nSPS) is 16.2. The second kappa shape index (κ2) is 6.87. The standard InChI is InChI=1S/C15H24FNO2/c1-11(2)17-15(4,10-18)9-12(3)19-14-7-5-13(16)6-8-14/h5-8,11-12,17-18H,9-10H2,1-4H3. The Kier molecular flexibility index (Phi) is 5.76. The largest absolute Gasteiger partial charge is 0.491 e. The van der Waals surface area contributed by atoms with Crippen LogP contribution in [0.4, 0.5) is 4.39 Å². The van der Waals surface area contributed by atoms with Crippen molar-refractivity contribution in [2.45, 2.75) is 51.8 Å². The van der Waals surface area contributed by atoms with Crippen molar-refractivity contribution < 1.29 is 14.2 Å². The Labute approximate surface area is 114 Å². The number of aliphatic hydroxyl groups excluding tert-OH is 1. The molecule has 19 heavy (non-hydrogen) atoms. The average Bonchev–Trinajstić information content (AvgIpc) is 2.31. The SMILES string of the molecule is CC(C)NC(C)(CO)CC(C)Oc1ccc(F)cc1. The van der Waals surface area contributed by atoms with Gasteiger partial charge in [0.25, 0.3) is 0 Å². The van der Waals surface area contributed by atoms with E-state index in [0.717, 1.165) is 0 Å². The van der Waals surface area contributed by atoms with E-state index in [-0.39, 0.29) is 30.1 Å². The lowest BCUT2D eigenvalue weighted by Gasteiger charge is -2.33. The van der Waals surface area contributed by atoms with E-state index >= 15 is 0 Å². The van der Waals surface area contributed by atoms with Crippen LogP contribution in [0.15, 0.2) is 24.3 Å². The van der Waals surface area contributed by atoms with Gasteiger partial charge in [-0.05, 0) is 38.1 Å². The molecule has 108 valence electrons. The van der Waals surface area contributed by atoms with Crippen LogP contribution in [0.3, 0.4) is 0 Å². The third kappa shape index (κ3) is 5.57. The molecule has 1 rings (SSSR count). The molecule has 0 amide bonds. The van der Waals surface area contributed by atoms with E-state index in [0.29, 0.717) is 12.2 Å². The Morgan fingerprint density at radius 1 is 1.26 bits per heavy atom. The summed E-state index contributed by atoms with van der Waals surface area (Å²) in [7, 11) is 0. The molecule has 1 aromatic rings. The number of ether oxygens (including phenoxy) is 1. The van der Waals surface area contributed by atoms with Gasteiger partial charge in [-0.2, -0.15) is 0 Å². The Morgan fingerprint density at radius 2 is 1.84 bits per heavy atom. The molecule has 0 aromatic heterocycles. The number of aliphatic hydroxyl groups is 1. The Balaban J connectivity index is 2.57. The van der Waals surface area contributed by atoms with Crippen LogP contribution in [0, 0.1) is 5.82 Å². The first-order valence-electron chi connectivity index (χ1n) is 6.65. The topological polar surface area (TPSA) is 41.5 Å². The van der Waals surface area contributed by atoms with Crippen molar-refractivity contribution in [3.63, 3.8) is 0 Å². The first kappa shape index (κ1) is 15.9. The molecule has 0 bridgehead atoms. The Bertz CT molecular complexity index is 380. The molecule has 0 radical (unpaired) electrons. The summed E-state index contributed by atoms with van der Waals surface area (Å²) in [4.78, 5) is 0. The molecule has 0 saturated heterocycles. The molecule has 2 N–H and O–H groups in total. The lowest BCUT2D eigenvalue weighted by molar-refractivity contribution is 0.104. The average molecular weight is 269 g/mol. The Hall–Kier alpha value is -1.13. The van der Waals surface area contributed by atoms with Gasteiger partial charge in [0.05, 0.1) is 12.7 Å². The first-order valence-corrected chi connectivity index (χ1v) is 6.65. The molecule has 2 atom stereocenters. The van der Waals surface area contributed by atoms with Crippen molar-refractivity contribution in [2.24, 2.45) is 0 Å². The molecule has 1 aromatic carbocycles. The predicted octanol–water partition coefficient (Wildman–Crippen LogP) is 2.73.